The Morgan fingerprint density at radius 2 is 1.49 bits per heavy atom. The molecular formula is C35H38BrN3O5S. The number of methoxy groups -OCH3 is 1. The van der Waals surface area contributed by atoms with Crippen molar-refractivity contribution in [2.24, 2.45) is 5.92 Å². The lowest BCUT2D eigenvalue weighted by Gasteiger charge is -2.34. The molecule has 236 valence electrons. The van der Waals surface area contributed by atoms with Gasteiger partial charge in [-0.2, -0.15) is 0 Å². The van der Waals surface area contributed by atoms with E-state index in [1.54, 1.807) is 61.7 Å². The van der Waals surface area contributed by atoms with Crippen LogP contribution >= 0.6 is 15.9 Å². The van der Waals surface area contributed by atoms with Crippen LogP contribution in [0.3, 0.4) is 0 Å². The molecular weight excluding hydrogens is 654 g/mol. The molecule has 45 heavy (non-hydrogen) atoms. The molecule has 0 aliphatic rings. The molecule has 0 aromatic heterocycles. The molecule has 0 saturated heterocycles. The lowest BCUT2D eigenvalue weighted by molar-refractivity contribution is -0.140. The van der Waals surface area contributed by atoms with Crippen LogP contribution in [0.2, 0.25) is 0 Å². The van der Waals surface area contributed by atoms with E-state index >= 15 is 0 Å². The van der Waals surface area contributed by atoms with Crippen molar-refractivity contribution < 1.29 is 22.7 Å². The van der Waals surface area contributed by atoms with Gasteiger partial charge in [-0.1, -0.05) is 96.5 Å². The number of amides is 2. The molecule has 4 rings (SSSR count). The number of nitrogens with zero attached hydrogens (tertiary/aromatic N) is 2. The summed E-state index contributed by atoms with van der Waals surface area (Å²) in [6, 6.07) is 30.6. The fourth-order valence-electron chi connectivity index (χ4n) is 4.82. The van der Waals surface area contributed by atoms with Gasteiger partial charge in [0.2, 0.25) is 11.8 Å². The summed E-state index contributed by atoms with van der Waals surface area (Å²) in [7, 11) is -2.61. The Balaban J connectivity index is 1.80. The van der Waals surface area contributed by atoms with Crippen molar-refractivity contribution in [2.45, 2.75) is 37.8 Å². The third-order valence-corrected chi connectivity index (χ3v) is 9.43. The van der Waals surface area contributed by atoms with Gasteiger partial charge in [-0.05, 0) is 59.5 Å². The highest BCUT2D eigenvalue weighted by molar-refractivity contribution is 9.10. The number of hydrogen-bond donors (Lipinski definition) is 1. The number of sulfonamides is 1. The normalized spacial score (nSPS) is 11.9. The predicted octanol–water partition coefficient (Wildman–Crippen LogP) is 6.07. The second-order valence-electron chi connectivity index (χ2n) is 11.0. The van der Waals surface area contributed by atoms with Crippen LogP contribution in [0.5, 0.6) is 5.75 Å². The zero-order valence-electron chi connectivity index (χ0n) is 25.6. The number of carbonyl (C=O) groups excluding carboxylic acids is 2. The summed E-state index contributed by atoms with van der Waals surface area (Å²) in [6.07, 6.45) is 0.239. The fourth-order valence-corrected chi connectivity index (χ4v) is 6.64. The molecule has 1 atom stereocenters. The predicted molar refractivity (Wildman–Crippen MR) is 180 cm³/mol. The van der Waals surface area contributed by atoms with E-state index in [-0.39, 0.29) is 29.7 Å². The maximum Gasteiger partial charge on any atom is 0.264 e. The second-order valence-corrected chi connectivity index (χ2v) is 13.8. The van der Waals surface area contributed by atoms with Crippen LogP contribution < -0.4 is 14.4 Å². The van der Waals surface area contributed by atoms with E-state index in [1.165, 1.54) is 17.0 Å². The van der Waals surface area contributed by atoms with Gasteiger partial charge < -0.3 is 15.0 Å². The molecule has 0 fully saturated rings. The first kappa shape index (κ1) is 33.7. The van der Waals surface area contributed by atoms with Crippen molar-refractivity contribution in [2.75, 3.05) is 24.5 Å². The highest BCUT2D eigenvalue weighted by Crippen LogP contribution is 2.27. The Labute approximate surface area is 274 Å². The van der Waals surface area contributed by atoms with E-state index in [2.05, 4.69) is 21.2 Å². The van der Waals surface area contributed by atoms with E-state index in [9.17, 15) is 18.0 Å². The molecule has 0 spiro atoms. The Hall–Kier alpha value is -4.15. The van der Waals surface area contributed by atoms with Crippen LogP contribution in [-0.2, 0) is 32.6 Å². The van der Waals surface area contributed by atoms with Crippen LogP contribution in [0.15, 0.2) is 119 Å². The van der Waals surface area contributed by atoms with E-state index < -0.39 is 28.5 Å². The molecule has 1 N–H and O–H groups in total. The summed E-state index contributed by atoms with van der Waals surface area (Å²) in [4.78, 5) is 29.9. The summed E-state index contributed by atoms with van der Waals surface area (Å²) < 4.78 is 35.3. The zero-order valence-corrected chi connectivity index (χ0v) is 28.0. The maximum absolute atomic E-state index is 14.5. The molecule has 8 nitrogen and oxygen atoms in total. The zero-order chi connectivity index (χ0) is 32.4. The molecule has 0 unspecified atom stereocenters. The average molecular weight is 693 g/mol. The Kier molecular flexibility index (Phi) is 11.8. The van der Waals surface area contributed by atoms with Crippen molar-refractivity contribution in [1.29, 1.82) is 0 Å². The number of halogens is 1. The summed E-state index contributed by atoms with van der Waals surface area (Å²) >= 11 is 3.43. The molecule has 4 aromatic carbocycles. The van der Waals surface area contributed by atoms with Gasteiger partial charge in [0.1, 0.15) is 18.3 Å². The minimum atomic E-state index is -4.16. The molecule has 4 aromatic rings. The van der Waals surface area contributed by atoms with E-state index in [0.29, 0.717) is 22.5 Å². The molecule has 0 saturated carbocycles. The number of anilines is 1. The van der Waals surface area contributed by atoms with Gasteiger partial charge in [-0.3, -0.25) is 13.9 Å². The highest BCUT2D eigenvalue weighted by atomic mass is 79.9. The van der Waals surface area contributed by atoms with Gasteiger partial charge in [0.05, 0.1) is 17.7 Å². The molecule has 0 bridgehead atoms. The third kappa shape index (κ3) is 9.18. The van der Waals surface area contributed by atoms with Crippen LogP contribution in [-0.4, -0.2) is 51.4 Å². The second kappa shape index (κ2) is 15.7. The fraction of sp³-hybridized carbons (Fsp3) is 0.257. The first-order valence-corrected chi connectivity index (χ1v) is 16.9. The minimum absolute atomic E-state index is 0.0487. The largest absolute Gasteiger partial charge is 0.497 e. The summed E-state index contributed by atoms with van der Waals surface area (Å²) in [5.41, 5.74) is 1.91. The Bertz CT molecular complexity index is 1680. The van der Waals surface area contributed by atoms with Crippen LogP contribution in [0.1, 0.15) is 25.0 Å². The van der Waals surface area contributed by atoms with Gasteiger partial charge in [-0.15, -0.1) is 0 Å². The summed E-state index contributed by atoms with van der Waals surface area (Å²) in [5, 5.41) is 3.00. The average Bonchev–Trinajstić information content (AvgIpc) is 3.04. The maximum atomic E-state index is 14.5. The number of hydrogen-bond acceptors (Lipinski definition) is 5. The number of rotatable bonds is 14. The summed E-state index contributed by atoms with van der Waals surface area (Å²) in [5.74, 6) is -0.0512. The Morgan fingerprint density at radius 3 is 2.13 bits per heavy atom. The van der Waals surface area contributed by atoms with Crippen molar-refractivity contribution in [3.8, 4) is 5.75 Å². The van der Waals surface area contributed by atoms with Gasteiger partial charge in [0.25, 0.3) is 10.0 Å². The minimum Gasteiger partial charge on any atom is -0.497 e. The molecule has 0 radical (unpaired) electrons. The van der Waals surface area contributed by atoms with Crippen molar-refractivity contribution in [3.05, 3.63) is 125 Å². The van der Waals surface area contributed by atoms with Crippen molar-refractivity contribution >= 4 is 43.5 Å². The van der Waals surface area contributed by atoms with Crippen molar-refractivity contribution in [1.82, 2.24) is 10.2 Å². The van der Waals surface area contributed by atoms with Crippen LogP contribution in [0.4, 0.5) is 5.69 Å². The molecule has 2 amide bonds. The lowest BCUT2D eigenvalue weighted by atomic mass is 10.0. The standard InChI is InChI=1S/C35H38BrN3O5S/c1-26(2)23-37-35(41)33(21-27-12-6-4-7-13-27)38(24-28-14-10-17-31(20-28)44-3)34(40)25-39(30-16-11-15-29(36)22-30)45(42,43)32-18-8-5-9-19-32/h4-20,22,26,33H,21,23-25H2,1-3H3,(H,37,41)/t33-/m0/s1. The van der Waals surface area contributed by atoms with Crippen molar-refractivity contribution in [3.63, 3.8) is 0 Å². The number of benzene rings is 4. The topological polar surface area (TPSA) is 96.0 Å². The van der Waals surface area contributed by atoms with Gasteiger partial charge in [0.15, 0.2) is 0 Å². The lowest BCUT2D eigenvalue weighted by Crippen LogP contribution is -2.53. The SMILES string of the molecule is COc1cccc(CN(C(=O)CN(c2cccc(Br)c2)S(=O)(=O)c2ccccc2)[C@@H](Cc2ccccc2)C(=O)NCC(C)C)c1. The smallest absolute Gasteiger partial charge is 0.264 e. The molecule has 10 heteroatoms. The number of ether oxygens (including phenoxy) is 1. The third-order valence-electron chi connectivity index (χ3n) is 7.15. The van der Waals surface area contributed by atoms with Gasteiger partial charge in [0, 0.05) is 24.0 Å². The van der Waals surface area contributed by atoms with Gasteiger partial charge in [-0.25, -0.2) is 8.42 Å². The number of nitrogens with one attached hydrogen (secondary N) is 1. The van der Waals surface area contributed by atoms with E-state index in [0.717, 1.165) is 15.4 Å². The Morgan fingerprint density at radius 1 is 0.844 bits per heavy atom. The number of carbonyl (C=O) groups is 2. The quantitative estimate of drug-likeness (QED) is 0.173. The monoisotopic (exact) mass is 691 g/mol. The molecule has 0 aliphatic heterocycles. The summed E-state index contributed by atoms with van der Waals surface area (Å²) in [6.45, 7) is 3.95. The van der Waals surface area contributed by atoms with E-state index in [1.807, 2.05) is 56.3 Å². The van der Waals surface area contributed by atoms with Crippen LogP contribution in [0, 0.1) is 5.92 Å². The first-order valence-electron chi connectivity index (χ1n) is 14.7. The molecule has 0 aliphatic carbocycles. The van der Waals surface area contributed by atoms with Crippen LogP contribution in [0.25, 0.3) is 0 Å². The molecule has 0 heterocycles. The van der Waals surface area contributed by atoms with Gasteiger partial charge >= 0.3 is 0 Å². The highest BCUT2D eigenvalue weighted by Gasteiger charge is 2.34. The first-order chi connectivity index (χ1) is 21.6. The van der Waals surface area contributed by atoms with E-state index in [4.69, 9.17) is 4.74 Å².